The van der Waals surface area contributed by atoms with Crippen molar-refractivity contribution in [1.82, 2.24) is 14.5 Å². The lowest BCUT2D eigenvalue weighted by molar-refractivity contribution is 0.588. The van der Waals surface area contributed by atoms with Crippen LogP contribution in [0.3, 0.4) is 0 Å². The summed E-state index contributed by atoms with van der Waals surface area (Å²) in [5.41, 5.74) is 2.82. The zero-order valence-corrected chi connectivity index (χ0v) is 13.4. The van der Waals surface area contributed by atoms with Gasteiger partial charge in [0.15, 0.2) is 0 Å². The van der Waals surface area contributed by atoms with Gasteiger partial charge in [0.1, 0.15) is 0 Å². The predicted molar refractivity (Wildman–Crippen MR) is 82.7 cm³/mol. The highest BCUT2D eigenvalue weighted by atomic mass is 32.2. The van der Waals surface area contributed by atoms with Crippen LogP contribution in [-0.2, 0) is 17.1 Å². The number of nitrogens with zero attached hydrogens (tertiary/aromatic N) is 2. The maximum Gasteiger partial charge on any atom is 0.240 e. The van der Waals surface area contributed by atoms with Crippen LogP contribution >= 0.6 is 0 Å². The van der Waals surface area contributed by atoms with Crippen LogP contribution in [0.5, 0.6) is 0 Å². The largest absolute Gasteiger partial charge is 0.378 e. The van der Waals surface area contributed by atoms with Gasteiger partial charge in [-0.15, -0.1) is 0 Å². The first-order valence-corrected chi connectivity index (χ1v) is 8.11. The Labute approximate surface area is 125 Å². The third kappa shape index (κ3) is 3.43. The molecule has 2 rings (SSSR count). The van der Waals surface area contributed by atoms with Gasteiger partial charge >= 0.3 is 0 Å². The summed E-state index contributed by atoms with van der Waals surface area (Å²) in [6.07, 6.45) is 3.72. The van der Waals surface area contributed by atoms with Crippen LogP contribution in [0.2, 0.25) is 0 Å². The minimum atomic E-state index is -3.44. The van der Waals surface area contributed by atoms with Gasteiger partial charge in [-0.05, 0) is 38.6 Å². The third-order valence-electron chi connectivity index (χ3n) is 3.38. The van der Waals surface area contributed by atoms with Gasteiger partial charge < -0.3 is 5.32 Å². The Hall–Kier alpha value is -1.86. The molecule has 21 heavy (non-hydrogen) atoms. The van der Waals surface area contributed by atoms with Gasteiger partial charge in [-0.25, -0.2) is 13.1 Å². The number of benzene rings is 1. The van der Waals surface area contributed by atoms with Crippen molar-refractivity contribution >= 4 is 15.7 Å². The molecular formula is C14H20N4O2S. The molecule has 0 aliphatic heterocycles. The molecule has 1 aromatic heterocycles. The van der Waals surface area contributed by atoms with E-state index in [1.165, 1.54) is 7.05 Å². The molecule has 7 heteroatoms. The first-order chi connectivity index (χ1) is 9.83. The summed E-state index contributed by atoms with van der Waals surface area (Å²) < 4.78 is 27.8. The minimum Gasteiger partial charge on any atom is -0.378 e. The lowest BCUT2D eigenvalue weighted by Crippen LogP contribution is -2.19. The van der Waals surface area contributed by atoms with E-state index in [0.717, 1.165) is 16.8 Å². The van der Waals surface area contributed by atoms with Crippen molar-refractivity contribution in [3.8, 4) is 0 Å². The second-order valence-corrected chi connectivity index (χ2v) is 6.88. The third-order valence-corrected chi connectivity index (χ3v) is 4.80. The van der Waals surface area contributed by atoms with Crippen molar-refractivity contribution in [2.45, 2.75) is 24.8 Å². The highest BCUT2D eigenvalue weighted by Crippen LogP contribution is 2.24. The molecule has 0 amide bonds. The van der Waals surface area contributed by atoms with Crippen molar-refractivity contribution in [3.05, 3.63) is 41.7 Å². The fourth-order valence-electron chi connectivity index (χ4n) is 2.02. The van der Waals surface area contributed by atoms with Gasteiger partial charge in [-0.2, -0.15) is 5.10 Å². The Bertz CT molecular complexity index is 737. The summed E-state index contributed by atoms with van der Waals surface area (Å²) in [6, 6.07) is 5.07. The van der Waals surface area contributed by atoms with Crippen molar-refractivity contribution < 1.29 is 8.42 Å². The van der Waals surface area contributed by atoms with E-state index in [-0.39, 0.29) is 10.9 Å². The standard InChI is InChI=1S/C14H20N4O2S/c1-10-5-6-13(21(19,20)15-3)7-14(10)17-11(2)12-8-16-18(4)9-12/h5-9,11,15,17H,1-4H3. The molecule has 6 nitrogen and oxygen atoms in total. The van der Waals surface area contributed by atoms with E-state index in [0.29, 0.717) is 0 Å². The highest BCUT2D eigenvalue weighted by molar-refractivity contribution is 7.89. The van der Waals surface area contributed by atoms with Crippen LogP contribution in [-0.4, -0.2) is 25.2 Å². The molecule has 0 saturated carbocycles. The molecule has 114 valence electrons. The van der Waals surface area contributed by atoms with Crippen LogP contribution in [0.4, 0.5) is 5.69 Å². The summed E-state index contributed by atoms with van der Waals surface area (Å²) >= 11 is 0. The van der Waals surface area contributed by atoms with Crippen LogP contribution in [0.25, 0.3) is 0 Å². The predicted octanol–water partition coefficient (Wildman–Crippen LogP) is 1.81. The normalized spacial score (nSPS) is 13.1. The molecule has 0 saturated heterocycles. The number of nitrogens with one attached hydrogen (secondary N) is 2. The van der Waals surface area contributed by atoms with Gasteiger partial charge in [0.05, 0.1) is 17.1 Å². The van der Waals surface area contributed by atoms with E-state index in [4.69, 9.17) is 0 Å². The Morgan fingerprint density at radius 3 is 2.62 bits per heavy atom. The van der Waals surface area contributed by atoms with Crippen LogP contribution in [0.15, 0.2) is 35.5 Å². The van der Waals surface area contributed by atoms with Crippen LogP contribution in [0, 0.1) is 6.92 Å². The molecule has 0 aliphatic carbocycles. The molecule has 0 radical (unpaired) electrons. The Balaban J connectivity index is 2.29. The van der Waals surface area contributed by atoms with Gasteiger partial charge in [-0.3, -0.25) is 4.68 Å². The van der Waals surface area contributed by atoms with Crippen LogP contribution in [0.1, 0.15) is 24.1 Å². The van der Waals surface area contributed by atoms with Gasteiger partial charge in [-0.1, -0.05) is 6.07 Å². The fraction of sp³-hybridized carbons (Fsp3) is 0.357. The Morgan fingerprint density at radius 1 is 1.33 bits per heavy atom. The number of hydrogen-bond acceptors (Lipinski definition) is 4. The van der Waals surface area contributed by atoms with Gasteiger partial charge in [0.2, 0.25) is 10.0 Å². The fourth-order valence-corrected chi connectivity index (χ4v) is 2.78. The highest BCUT2D eigenvalue weighted by Gasteiger charge is 2.14. The van der Waals surface area contributed by atoms with Gasteiger partial charge in [0.25, 0.3) is 0 Å². The molecule has 1 heterocycles. The van der Waals surface area contributed by atoms with E-state index in [1.54, 1.807) is 29.1 Å². The summed E-state index contributed by atoms with van der Waals surface area (Å²) in [7, 11) is -0.174. The maximum absolute atomic E-state index is 11.9. The second-order valence-electron chi connectivity index (χ2n) is 5.00. The van der Waals surface area contributed by atoms with Crippen molar-refractivity contribution in [2.75, 3.05) is 12.4 Å². The second kappa shape index (κ2) is 5.87. The SMILES string of the molecule is CNS(=O)(=O)c1ccc(C)c(NC(C)c2cnn(C)c2)c1. The molecule has 2 aromatic rings. The summed E-state index contributed by atoms with van der Waals surface area (Å²) in [5.74, 6) is 0. The summed E-state index contributed by atoms with van der Waals surface area (Å²) in [5, 5.41) is 7.47. The zero-order chi connectivity index (χ0) is 15.6. The topological polar surface area (TPSA) is 76.0 Å². The number of rotatable bonds is 5. The number of anilines is 1. The zero-order valence-electron chi connectivity index (χ0n) is 12.6. The van der Waals surface area contributed by atoms with E-state index in [1.807, 2.05) is 27.1 Å². The molecular weight excluding hydrogens is 288 g/mol. The molecule has 1 atom stereocenters. The first kappa shape index (κ1) is 15.5. The van der Waals surface area contributed by atoms with E-state index in [2.05, 4.69) is 15.1 Å². The maximum atomic E-state index is 11.9. The van der Waals surface area contributed by atoms with E-state index < -0.39 is 10.0 Å². The Morgan fingerprint density at radius 2 is 2.05 bits per heavy atom. The van der Waals surface area contributed by atoms with Crippen molar-refractivity contribution in [1.29, 1.82) is 0 Å². The lowest BCUT2D eigenvalue weighted by atomic mass is 10.1. The quantitative estimate of drug-likeness (QED) is 0.883. The minimum absolute atomic E-state index is 0.0324. The number of aryl methyl sites for hydroxylation is 2. The van der Waals surface area contributed by atoms with E-state index in [9.17, 15) is 8.42 Å². The number of aromatic nitrogens is 2. The molecule has 0 spiro atoms. The monoisotopic (exact) mass is 308 g/mol. The van der Waals surface area contributed by atoms with Crippen LogP contribution < -0.4 is 10.0 Å². The van der Waals surface area contributed by atoms with Crippen molar-refractivity contribution in [3.63, 3.8) is 0 Å². The smallest absolute Gasteiger partial charge is 0.240 e. The van der Waals surface area contributed by atoms with E-state index >= 15 is 0 Å². The first-order valence-electron chi connectivity index (χ1n) is 6.63. The Kier molecular flexibility index (Phi) is 4.34. The average Bonchev–Trinajstić information content (AvgIpc) is 2.87. The molecule has 0 bridgehead atoms. The molecule has 0 aliphatic rings. The summed E-state index contributed by atoms with van der Waals surface area (Å²) in [4.78, 5) is 0.247. The average molecular weight is 308 g/mol. The molecule has 2 N–H and O–H groups in total. The number of sulfonamides is 1. The van der Waals surface area contributed by atoms with Crippen molar-refractivity contribution in [2.24, 2.45) is 7.05 Å². The van der Waals surface area contributed by atoms with Gasteiger partial charge in [0, 0.05) is 24.5 Å². The molecule has 1 aromatic carbocycles. The molecule has 0 fully saturated rings. The number of hydrogen-bond donors (Lipinski definition) is 2. The lowest BCUT2D eigenvalue weighted by Gasteiger charge is -2.17. The molecule has 1 unspecified atom stereocenters. The summed E-state index contributed by atoms with van der Waals surface area (Å²) in [6.45, 7) is 3.95.